The summed E-state index contributed by atoms with van der Waals surface area (Å²) in [4.78, 5) is 4.34. The maximum atomic E-state index is 5.94. The Morgan fingerprint density at radius 3 is 3.05 bits per heavy atom. The molecule has 6 nitrogen and oxygen atoms in total. The standard InChI is InChI=1S/C14H17ClN4O2/c1-2-20-13(18-16)8-4-7-12-17-14(19-21-12)10-5-3-6-11(15)9-10/h3,5-6,9H,2,4,7-8,16H2,1H3. The highest BCUT2D eigenvalue weighted by Crippen LogP contribution is 2.20. The molecule has 0 radical (unpaired) electrons. The quantitative estimate of drug-likeness (QED) is 0.383. The molecule has 0 aliphatic carbocycles. The van der Waals surface area contributed by atoms with Gasteiger partial charge >= 0.3 is 0 Å². The molecule has 2 aromatic rings. The summed E-state index contributed by atoms with van der Waals surface area (Å²) in [5.41, 5.74) is 0.830. The van der Waals surface area contributed by atoms with E-state index < -0.39 is 0 Å². The molecular formula is C14H17ClN4O2. The van der Waals surface area contributed by atoms with Crippen LogP contribution < -0.4 is 5.84 Å². The average molecular weight is 309 g/mol. The van der Waals surface area contributed by atoms with Gasteiger partial charge in [-0.1, -0.05) is 28.9 Å². The molecule has 0 fully saturated rings. The van der Waals surface area contributed by atoms with Gasteiger partial charge in [0, 0.05) is 23.4 Å². The van der Waals surface area contributed by atoms with E-state index >= 15 is 0 Å². The first-order valence-electron chi connectivity index (χ1n) is 6.71. The second-order valence-corrected chi connectivity index (χ2v) is 4.77. The van der Waals surface area contributed by atoms with Crippen LogP contribution in [0.25, 0.3) is 11.4 Å². The molecule has 0 aliphatic rings. The summed E-state index contributed by atoms with van der Waals surface area (Å²) in [6.45, 7) is 2.44. The third-order valence-electron chi connectivity index (χ3n) is 2.79. The Labute approximate surface area is 127 Å². The van der Waals surface area contributed by atoms with E-state index in [2.05, 4.69) is 15.2 Å². The molecule has 7 heteroatoms. The van der Waals surface area contributed by atoms with Gasteiger partial charge in [0.2, 0.25) is 17.6 Å². The maximum absolute atomic E-state index is 5.94. The molecule has 2 N–H and O–H groups in total. The summed E-state index contributed by atoms with van der Waals surface area (Å²) < 4.78 is 10.5. The van der Waals surface area contributed by atoms with E-state index in [0.717, 1.165) is 12.0 Å². The van der Waals surface area contributed by atoms with Crippen molar-refractivity contribution < 1.29 is 9.26 Å². The molecule has 1 aromatic heterocycles. The average Bonchev–Trinajstić information content (AvgIpc) is 2.95. The van der Waals surface area contributed by atoms with Crippen molar-refractivity contribution in [3.05, 3.63) is 35.2 Å². The molecule has 0 spiro atoms. The van der Waals surface area contributed by atoms with Gasteiger partial charge in [-0.3, -0.25) is 0 Å². The summed E-state index contributed by atoms with van der Waals surface area (Å²) >= 11 is 5.94. The van der Waals surface area contributed by atoms with Crippen molar-refractivity contribution in [2.45, 2.75) is 26.2 Å². The third-order valence-corrected chi connectivity index (χ3v) is 3.02. The van der Waals surface area contributed by atoms with E-state index in [1.807, 2.05) is 19.1 Å². The molecule has 0 unspecified atom stereocenters. The summed E-state index contributed by atoms with van der Waals surface area (Å²) in [7, 11) is 0. The van der Waals surface area contributed by atoms with Crippen LogP contribution in [0.3, 0.4) is 0 Å². The number of benzene rings is 1. The van der Waals surface area contributed by atoms with Gasteiger partial charge in [0.15, 0.2) is 0 Å². The van der Waals surface area contributed by atoms with Crippen molar-refractivity contribution >= 4 is 17.5 Å². The Bertz CT molecular complexity index is 613. The molecule has 0 saturated heterocycles. The predicted molar refractivity (Wildman–Crippen MR) is 80.9 cm³/mol. The largest absolute Gasteiger partial charge is 0.480 e. The molecule has 0 aliphatic heterocycles. The van der Waals surface area contributed by atoms with Crippen LogP contribution in [0.2, 0.25) is 5.02 Å². The molecule has 21 heavy (non-hydrogen) atoms. The lowest BCUT2D eigenvalue weighted by Gasteiger charge is -2.03. The van der Waals surface area contributed by atoms with Gasteiger partial charge in [0.05, 0.1) is 6.61 Å². The summed E-state index contributed by atoms with van der Waals surface area (Å²) in [5, 5.41) is 8.17. The molecule has 2 rings (SSSR count). The van der Waals surface area contributed by atoms with Crippen molar-refractivity contribution in [2.24, 2.45) is 10.9 Å². The fraction of sp³-hybridized carbons (Fsp3) is 0.357. The fourth-order valence-electron chi connectivity index (χ4n) is 1.83. The maximum Gasteiger partial charge on any atom is 0.226 e. The first-order valence-corrected chi connectivity index (χ1v) is 7.08. The van der Waals surface area contributed by atoms with Crippen LogP contribution in [0.1, 0.15) is 25.7 Å². The SMILES string of the molecule is CCOC(CCCc1nc(-c2cccc(Cl)c2)no1)=NN. The van der Waals surface area contributed by atoms with Gasteiger partial charge in [-0.25, -0.2) is 0 Å². The van der Waals surface area contributed by atoms with Crippen LogP contribution in [-0.2, 0) is 11.2 Å². The monoisotopic (exact) mass is 308 g/mol. The van der Waals surface area contributed by atoms with E-state index in [4.69, 9.17) is 26.7 Å². The highest BCUT2D eigenvalue weighted by Gasteiger charge is 2.09. The lowest BCUT2D eigenvalue weighted by Crippen LogP contribution is -2.08. The Hall–Kier alpha value is -2.08. The minimum atomic E-state index is 0.532. The zero-order valence-corrected chi connectivity index (χ0v) is 12.5. The smallest absolute Gasteiger partial charge is 0.226 e. The van der Waals surface area contributed by atoms with Gasteiger partial charge in [-0.2, -0.15) is 4.98 Å². The first-order chi connectivity index (χ1) is 10.2. The van der Waals surface area contributed by atoms with Crippen molar-refractivity contribution in [3.63, 3.8) is 0 Å². The lowest BCUT2D eigenvalue weighted by atomic mass is 10.2. The number of hydrogen-bond acceptors (Lipinski definition) is 6. The minimum Gasteiger partial charge on any atom is -0.480 e. The van der Waals surface area contributed by atoms with Gasteiger partial charge in [-0.05, 0) is 25.5 Å². The molecule has 0 bridgehead atoms. The number of nitrogens with two attached hydrogens (primary N) is 1. The zero-order chi connectivity index (χ0) is 15.1. The number of halogens is 1. The normalized spacial score (nSPS) is 11.6. The Kier molecular flexibility index (Phi) is 5.57. The van der Waals surface area contributed by atoms with Crippen LogP contribution in [0.5, 0.6) is 0 Å². The number of ether oxygens (including phenoxy) is 1. The molecule has 1 heterocycles. The van der Waals surface area contributed by atoms with Gasteiger partial charge in [0.25, 0.3) is 0 Å². The van der Waals surface area contributed by atoms with E-state index in [-0.39, 0.29) is 0 Å². The van der Waals surface area contributed by atoms with Gasteiger partial charge in [-0.15, -0.1) is 5.10 Å². The van der Waals surface area contributed by atoms with Crippen LogP contribution in [0.15, 0.2) is 33.9 Å². The van der Waals surface area contributed by atoms with E-state index in [9.17, 15) is 0 Å². The van der Waals surface area contributed by atoms with E-state index in [0.29, 0.717) is 42.1 Å². The molecule has 112 valence electrons. The lowest BCUT2D eigenvalue weighted by molar-refractivity contribution is 0.313. The molecule has 0 saturated carbocycles. The van der Waals surface area contributed by atoms with Gasteiger partial charge < -0.3 is 15.1 Å². The first kappa shape index (κ1) is 15.3. The van der Waals surface area contributed by atoms with E-state index in [1.165, 1.54) is 0 Å². The minimum absolute atomic E-state index is 0.532. The molecule has 1 aromatic carbocycles. The summed E-state index contributed by atoms with van der Waals surface area (Å²) in [5.74, 6) is 6.87. The van der Waals surface area contributed by atoms with Crippen LogP contribution >= 0.6 is 11.6 Å². The van der Waals surface area contributed by atoms with Crippen LogP contribution in [-0.4, -0.2) is 22.6 Å². The number of nitrogens with zero attached hydrogens (tertiary/aromatic N) is 3. The topological polar surface area (TPSA) is 86.5 Å². The summed E-state index contributed by atoms with van der Waals surface area (Å²) in [6.07, 6.45) is 2.05. The number of hydrogen-bond donors (Lipinski definition) is 1. The second-order valence-electron chi connectivity index (χ2n) is 4.33. The highest BCUT2D eigenvalue weighted by atomic mass is 35.5. The molecule has 0 atom stereocenters. The molecular weight excluding hydrogens is 292 g/mol. The summed E-state index contributed by atoms with van der Waals surface area (Å²) in [6, 6.07) is 7.33. The highest BCUT2D eigenvalue weighted by molar-refractivity contribution is 6.30. The van der Waals surface area contributed by atoms with Gasteiger partial charge in [0.1, 0.15) is 0 Å². The predicted octanol–water partition coefficient (Wildman–Crippen LogP) is 3.02. The second kappa shape index (κ2) is 7.64. The van der Waals surface area contributed by atoms with Crippen LogP contribution in [0, 0.1) is 0 Å². The fourth-order valence-corrected chi connectivity index (χ4v) is 2.02. The Balaban J connectivity index is 1.92. The number of aromatic nitrogens is 2. The number of rotatable bonds is 6. The van der Waals surface area contributed by atoms with Crippen molar-refractivity contribution in [1.29, 1.82) is 0 Å². The van der Waals surface area contributed by atoms with Crippen molar-refractivity contribution in [3.8, 4) is 11.4 Å². The molecule has 0 amide bonds. The number of hydrazone groups is 1. The Morgan fingerprint density at radius 2 is 2.33 bits per heavy atom. The van der Waals surface area contributed by atoms with Crippen LogP contribution in [0.4, 0.5) is 0 Å². The third kappa shape index (κ3) is 4.46. The Morgan fingerprint density at radius 1 is 1.48 bits per heavy atom. The van der Waals surface area contributed by atoms with Crippen molar-refractivity contribution in [2.75, 3.05) is 6.61 Å². The van der Waals surface area contributed by atoms with E-state index in [1.54, 1.807) is 12.1 Å². The zero-order valence-electron chi connectivity index (χ0n) is 11.8. The number of aryl methyl sites for hydroxylation is 1. The van der Waals surface area contributed by atoms with Crippen molar-refractivity contribution in [1.82, 2.24) is 10.1 Å².